The third-order valence-electron chi connectivity index (χ3n) is 2.46. The number of aromatic nitrogens is 1. The second-order valence-corrected chi connectivity index (χ2v) is 4.66. The SMILES string of the molecule is CCOC(=O)Cn1c(=O)sc2cc([N+](=O)[O-])ccc21. The molecule has 100 valence electrons. The van der Waals surface area contributed by atoms with E-state index in [1.165, 1.54) is 22.8 Å². The van der Waals surface area contributed by atoms with Gasteiger partial charge in [-0.15, -0.1) is 0 Å². The molecule has 0 aliphatic heterocycles. The molecular weight excluding hydrogens is 272 g/mol. The van der Waals surface area contributed by atoms with E-state index in [0.29, 0.717) is 10.2 Å². The fourth-order valence-corrected chi connectivity index (χ4v) is 2.58. The number of thiazole rings is 1. The highest BCUT2D eigenvalue weighted by molar-refractivity contribution is 7.16. The number of nitrogens with zero attached hydrogens (tertiary/aromatic N) is 2. The van der Waals surface area contributed by atoms with Crippen LogP contribution in [0.4, 0.5) is 5.69 Å². The number of carbonyl (C=O) groups excluding carboxylic acids is 1. The quantitative estimate of drug-likeness (QED) is 0.482. The predicted octanol–water partition coefficient (Wildman–Crippen LogP) is 1.53. The average Bonchev–Trinajstić information content (AvgIpc) is 2.65. The van der Waals surface area contributed by atoms with Gasteiger partial charge in [0.2, 0.25) is 0 Å². The van der Waals surface area contributed by atoms with Crippen molar-refractivity contribution in [3.63, 3.8) is 0 Å². The Bertz CT molecular complexity index is 703. The molecule has 8 heteroatoms. The normalized spacial score (nSPS) is 10.6. The second kappa shape index (κ2) is 5.19. The van der Waals surface area contributed by atoms with E-state index in [2.05, 4.69) is 0 Å². The van der Waals surface area contributed by atoms with Gasteiger partial charge in [0, 0.05) is 12.1 Å². The molecule has 0 fully saturated rings. The van der Waals surface area contributed by atoms with Crippen molar-refractivity contribution >= 4 is 33.2 Å². The molecule has 1 aromatic carbocycles. The van der Waals surface area contributed by atoms with E-state index in [1.807, 2.05) is 0 Å². The van der Waals surface area contributed by atoms with Crippen LogP contribution in [0.5, 0.6) is 0 Å². The maximum absolute atomic E-state index is 11.8. The zero-order valence-corrected chi connectivity index (χ0v) is 10.8. The highest BCUT2D eigenvalue weighted by atomic mass is 32.1. The van der Waals surface area contributed by atoms with Gasteiger partial charge in [-0.05, 0) is 13.0 Å². The Morgan fingerprint density at radius 3 is 2.89 bits per heavy atom. The van der Waals surface area contributed by atoms with Gasteiger partial charge in [-0.25, -0.2) is 0 Å². The van der Waals surface area contributed by atoms with Crippen LogP contribution in [0.1, 0.15) is 6.92 Å². The van der Waals surface area contributed by atoms with Gasteiger partial charge in [-0.3, -0.25) is 24.3 Å². The van der Waals surface area contributed by atoms with Gasteiger partial charge in [-0.1, -0.05) is 11.3 Å². The third kappa shape index (κ3) is 2.63. The zero-order chi connectivity index (χ0) is 14.0. The lowest BCUT2D eigenvalue weighted by atomic mass is 10.3. The van der Waals surface area contributed by atoms with Crippen molar-refractivity contribution in [1.82, 2.24) is 4.57 Å². The van der Waals surface area contributed by atoms with Crippen molar-refractivity contribution in [2.45, 2.75) is 13.5 Å². The fourth-order valence-electron chi connectivity index (χ4n) is 1.65. The van der Waals surface area contributed by atoms with Crippen molar-refractivity contribution < 1.29 is 14.5 Å². The molecule has 1 heterocycles. The monoisotopic (exact) mass is 282 g/mol. The maximum Gasteiger partial charge on any atom is 0.326 e. The van der Waals surface area contributed by atoms with E-state index in [4.69, 9.17) is 4.74 Å². The smallest absolute Gasteiger partial charge is 0.326 e. The van der Waals surface area contributed by atoms with Crippen molar-refractivity contribution in [2.75, 3.05) is 6.61 Å². The summed E-state index contributed by atoms with van der Waals surface area (Å²) in [6.45, 7) is 1.72. The lowest BCUT2D eigenvalue weighted by Crippen LogP contribution is -2.20. The lowest BCUT2D eigenvalue weighted by Gasteiger charge is -2.03. The molecular formula is C11H10N2O5S. The molecule has 2 rings (SSSR count). The number of esters is 1. The molecule has 0 radical (unpaired) electrons. The van der Waals surface area contributed by atoms with Crippen molar-refractivity contribution in [3.8, 4) is 0 Å². The minimum absolute atomic E-state index is 0.0861. The zero-order valence-electron chi connectivity index (χ0n) is 9.99. The summed E-state index contributed by atoms with van der Waals surface area (Å²) < 4.78 is 6.51. The standard InChI is InChI=1S/C11H10N2O5S/c1-2-18-10(14)6-12-8-4-3-7(13(16)17)5-9(8)19-11(12)15/h3-5H,2,6H2,1H3. The highest BCUT2D eigenvalue weighted by Gasteiger charge is 2.14. The van der Waals surface area contributed by atoms with Crippen LogP contribution < -0.4 is 4.87 Å². The number of nitro benzene ring substituents is 1. The van der Waals surface area contributed by atoms with Crippen LogP contribution in [0.15, 0.2) is 23.0 Å². The largest absolute Gasteiger partial charge is 0.465 e. The van der Waals surface area contributed by atoms with Crippen molar-refractivity contribution in [3.05, 3.63) is 38.0 Å². The van der Waals surface area contributed by atoms with Gasteiger partial charge >= 0.3 is 10.8 Å². The first-order valence-electron chi connectivity index (χ1n) is 5.46. The molecule has 0 saturated carbocycles. The number of fused-ring (bicyclic) bond motifs is 1. The fraction of sp³-hybridized carbons (Fsp3) is 0.273. The molecule has 0 unspecified atom stereocenters. The minimum Gasteiger partial charge on any atom is -0.465 e. The summed E-state index contributed by atoms with van der Waals surface area (Å²) in [7, 11) is 0. The molecule has 7 nitrogen and oxygen atoms in total. The predicted molar refractivity (Wildman–Crippen MR) is 69.4 cm³/mol. The average molecular weight is 282 g/mol. The van der Waals surface area contributed by atoms with E-state index in [9.17, 15) is 19.7 Å². The molecule has 0 N–H and O–H groups in total. The molecule has 0 aliphatic rings. The maximum atomic E-state index is 11.8. The Morgan fingerprint density at radius 2 is 2.26 bits per heavy atom. The van der Waals surface area contributed by atoms with E-state index in [0.717, 1.165) is 11.3 Å². The van der Waals surface area contributed by atoms with E-state index in [1.54, 1.807) is 6.92 Å². The molecule has 0 bridgehead atoms. The highest BCUT2D eigenvalue weighted by Crippen LogP contribution is 2.23. The van der Waals surface area contributed by atoms with Crippen LogP contribution in [0, 0.1) is 10.1 Å². The van der Waals surface area contributed by atoms with Gasteiger partial charge < -0.3 is 4.74 Å². The Labute approximate surface area is 111 Å². The second-order valence-electron chi connectivity index (χ2n) is 3.67. The number of non-ortho nitro benzene ring substituents is 1. The van der Waals surface area contributed by atoms with Crippen molar-refractivity contribution in [2.24, 2.45) is 0 Å². The van der Waals surface area contributed by atoms with Crippen LogP contribution in [0.25, 0.3) is 10.2 Å². The summed E-state index contributed by atoms with van der Waals surface area (Å²) in [5.74, 6) is -0.511. The molecule has 2 aromatic rings. The first-order valence-corrected chi connectivity index (χ1v) is 6.28. The summed E-state index contributed by atoms with van der Waals surface area (Å²) in [6.07, 6.45) is 0. The summed E-state index contributed by atoms with van der Waals surface area (Å²) in [5.41, 5.74) is 0.408. The molecule has 0 aliphatic carbocycles. The molecule has 19 heavy (non-hydrogen) atoms. The van der Waals surface area contributed by atoms with Crippen molar-refractivity contribution in [1.29, 1.82) is 0 Å². The lowest BCUT2D eigenvalue weighted by molar-refractivity contribution is -0.384. The Hall–Kier alpha value is -2.22. The Kier molecular flexibility index (Phi) is 3.61. The first-order chi connectivity index (χ1) is 9.02. The molecule has 1 aromatic heterocycles. The van der Waals surface area contributed by atoms with Gasteiger partial charge in [-0.2, -0.15) is 0 Å². The number of hydrogen-bond acceptors (Lipinski definition) is 6. The number of carbonyl (C=O) groups is 1. The number of benzene rings is 1. The Balaban J connectivity index is 2.45. The number of hydrogen-bond donors (Lipinski definition) is 0. The summed E-state index contributed by atoms with van der Waals surface area (Å²) in [6, 6.07) is 4.09. The molecule has 0 saturated heterocycles. The number of nitro groups is 1. The van der Waals surface area contributed by atoms with Gasteiger partial charge in [0.25, 0.3) is 5.69 Å². The van der Waals surface area contributed by atoms with Crippen LogP contribution in [0.3, 0.4) is 0 Å². The van der Waals surface area contributed by atoms with Gasteiger partial charge in [0.1, 0.15) is 6.54 Å². The Morgan fingerprint density at radius 1 is 1.53 bits per heavy atom. The van der Waals surface area contributed by atoms with Crippen LogP contribution in [-0.4, -0.2) is 22.1 Å². The summed E-state index contributed by atoms with van der Waals surface area (Å²) >= 11 is 0.866. The first kappa shape index (κ1) is 13.2. The summed E-state index contributed by atoms with van der Waals surface area (Å²) in [4.78, 5) is 32.9. The van der Waals surface area contributed by atoms with Gasteiger partial charge in [0.15, 0.2) is 0 Å². The third-order valence-corrected chi connectivity index (χ3v) is 3.40. The van der Waals surface area contributed by atoms with Crippen LogP contribution >= 0.6 is 11.3 Å². The van der Waals surface area contributed by atoms with Gasteiger partial charge in [0.05, 0.1) is 21.7 Å². The van der Waals surface area contributed by atoms with Crippen LogP contribution in [0.2, 0.25) is 0 Å². The van der Waals surface area contributed by atoms with E-state index in [-0.39, 0.29) is 23.7 Å². The minimum atomic E-state index is -0.528. The number of ether oxygens (including phenoxy) is 1. The molecule has 0 amide bonds. The van der Waals surface area contributed by atoms with E-state index < -0.39 is 10.9 Å². The summed E-state index contributed by atoms with van der Waals surface area (Å²) in [5, 5.41) is 10.7. The van der Waals surface area contributed by atoms with Crippen LogP contribution in [-0.2, 0) is 16.1 Å². The van der Waals surface area contributed by atoms with E-state index >= 15 is 0 Å². The molecule has 0 atom stereocenters. The number of rotatable bonds is 4. The topological polar surface area (TPSA) is 91.4 Å². The molecule has 0 spiro atoms.